The van der Waals surface area contributed by atoms with Crippen LogP contribution in [0.2, 0.25) is 0 Å². The second kappa shape index (κ2) is 8.91. The van der Waals surface area contributed by atoms with Crippen LogP contribution in [0.25, 0.3) is 0 Å². The van der Waals surface area contributed by atoms with Crippen molar-refractivity contribution in [2.24, 2.45) is 0 Å². The normalized spacial score (nSPS) is 10.8. The summed E-state index contributed by atoms with van der Waals surface area (Å²) in [5, 5.41) is 7.07. The first-order chi connectivity index (χ1) is 11.5. The molecule has 6 nitrogen and oxygen atoms in total. The van der Waals surface area contributed by atoms with Crippen LogP contribution in [0.5, 0.6) is 0 Å². The average molecular weight is 367 g/mol. The van der Waals surface area contributed by atoms with Crippen molar-refractivity contribution in [3.05, 3.63) is 33.5 Å². The van der Waals surface area contributed by atoms with E-state index in [1.54, 1.807) is 11.0 Å². The zero-order valence-electron chi connectivity index (χ0n) is 14.1. The third-order valence-corrected chi connectivity index (χ3v) is 4.99. The van der Waals surface area contributed by atoms with E-state index in [4.69, 9.17) is 0 Å². The van der Waals surface area contributed by atoms with Gasteiger partial charge in [-0.15, -0.1) is 22.7 Å². The Labute approximate surface area is 150 Å². The number of nitrogens with one attached hydrogen (secondary N) is 1. The van der Waals surface area contributed by atoms with Crippen LogP contribution in [0.3, 0.4) is 0 Å². The Balaban J connectivity index is 1.98. The Morgan fingerprint density at radius 1 is 1.25 bits per heavy atom. The number of thiazole rings is 1. The van der Waals surface area contributed by atoms with E-state index in [0.717, 1.165) is 18.7 Å². The number of rotatable bonds is 8. The highest BCUT2D eigenvalue weighted by Crippen LogP contribution is 2.15. The Morgan fingerprint density at radius 2 is 2.04 bits per heavy atom. The number of anilines is 1. The molecule has 0 bridgehead atoms. The van der Waals surface area contributed by atoms with Crippen LogP contribution in [-0.4, -0.2) is 60.3 Å². The number of hydrogen-bond acceptors (Lipinski definition) is 6. The molecular weight excluding hydrogens is 344 g/mol. The van der Waals surface area contributed by atoms with Crippen molar-refractivity contribution in [2.45, 2.75) is 13.3 Å². The van der Waals surface area contributed by atoms with Crippen LogP contribution >= 0.6 is 22.7 Å². The number of aromatic nitrogens is 1. The van der Waals surface area contributed by atoms with Gasteiger partial charge in [-0.3, -0.25) is 9.59 Å². The first-order valence-electron chi connectivity index (χ1n) is 7.65. The summed E-state index contributed by atoms with van der Waals surface area (Å²) in [5.41, 5.74) is 0.868. The molecule has 0 unspecified atom stereocenters. The molecule has 0 aromatic carbocycles. The van der Waals surface area contributed by atoms with Crippen LogP contribution in [0.1, 0.15) is 21.8 Å². The van der Waals surface area contributed by atoms with Crippen molar-refractivity contribution in [2.75, 3.05) is 39.0 Å². The minimum atomic E-state index is -0.223. The molecule has 1 N–H and O–H groups in total. The van der Waals surface area contributed by atoms with E-state index in [-0.39, 0.29) is 18.4 Å². The number of thiophene rings is 1. The second-order valence-corrected chi connectivity index (χ2v) is 7.51. The lowest BCUT2D eigenvalue weighted by atomic mass is 10.3. The molecule has 0 saturated carbocycles. The average Bonchev–Trinajstić information content (AvgIpc) is 3.17. The molecule has 0 aliphatic carbocycles. The van der Waals surface area contributed by atoms with Crippen molar-refractivity contribution in [1.29, 1.82) is 0 Å². The lowest BCUT2D eigenvalue weighted by Gasteiger charge is -2.22. The molecule has 0 fully saturated rings. The van der Waals surface area contributed by atoms with Gasteiger partial charge in [0.15, 0.2) is 5.13 Å². The van der Waals surface area contributed by atoms with Gasteiger partial charge in [-0.1, -0.05) is 6.07 Å². The molecule has 24 heavy (non-hydrogen) atoms. The lowest BCUT2D eigenvalue weighted by Crippen LogP contribution is -2.39. The number of carbonyl (C=O) groups is 2. The smallest absolute Gasteiger partial charge is 0.264 e. The first-order valence-corrected chi connectivity index (χ1v) is 9.41. The first kappa shape index (κ1) is 18.6. The van der Waals surface area contributed by atoms with E-state index in [1.165, 1.54) is 22.7 Å². The Bertz CT molecular complexity index is 667. The van der Waals surface area contributed by atoms with Crippen LogP contribution in [0, 0.1) is 6.92 Å². The van der Waals surface area contributed by atoms with E-state index in [9.17, 15) is 9.59 Å². The minimum Gasteiger partial charge on any atom is -0.329 e. The van der Waals surface area contributed by atoms with Gasteiger partial charge in [-0.25, -0.2) is 4.98 Å². The highest BCUT2D eigenvalue weighted by molar-refractivity contribution is 7.14. The van der Waals surface area contributed by atoms with Crippen molar-refractivity contribution in [1.82, 2.24) is 14.8 Å². The molecular formula is C16H22N4O2S2. The van der Waals surface area contributed by atoms with Gasteiger partial charge in [0.05, 0.1) is 10.6 Å². The monoisotopic (exact) mass is 366 g/mol. The molecule has 2 rings (SSSR count). The molecule has 0 saturated heterocycles. The van der Waals surface area contributed by atoms with Crippen LogP contribution in [-0.2, 0) is 4.79 Å². The fourth-order valence-corrected chi connectivity index (χ4v) is 3.52. The van der Waals surface area contributed by atoms with Crippen molar-refractivity contribution < 1.29 is 9.59 Å². The zero-order chi connectivity index (χ0) is 17.5. The number of nitrogens with zero attached hydrogens (tertiary/aromatic N) is 3. The van der Waals surface area contributed by atoms with Gasteiger partial charge in [0.1, 0.15) is 6.54 Å². The molecule has 0 spiro atoms. The fraction of sp³-hybridized carbons (Fsp3) is 0.438. The summed E-state index contributed by atoms with van der Waals surface area (Å²) in [7, 11) is 3.98. The standard InChI is InChI=1S/C16H22N4O2S2/c1-12-11-24-16(17-12)18-14(21)10-20(8-5-7-19(2)3)15(22)13-6-4-9-23-13/h4,6,9,11H,5,7-8,10H2,1-3H3,(H,17,18,21). The molecule has 0 radical (unpaired) electrons. The van der Waals surface area contributed by atoms with Crippen LogP contribution < -0.4 is 5.32 Å². The highest BCUT2D eigenvalue weighted by Gasteiger charge is 2.20. The maximum atomic E-state index is 12.6. The Morgan fingerprint density at radius 3 is 2.62 bits per heavy atom. The summed E-state index contributed by atoms with van der Waals surface area (Å²) in [6, 6.07) is 3.63. The van der Waals surface area contributed by atoms with Crippen LogP contribution in [0.4, 0.5) is 5.13 Å². The predicted molar refractivity (Wildman–Crippen MR) is 98.9 cm³/mol. The van der Waals surface area contributed by atoms with E-state index >= 15 is 0 Å². The highest BCUT2D eigenvalue weighted by atomic mass is 32.1. The van der Waals surface area contributed by atoms with E-state index in [1.807, 2.05) is 37.8 Å². The van der Waals surface area contributed by atoms with Crippen molar-refractivity contribution in [3.8, 4) is 0 Å². The van der Waals surface area contributed by atoms with E-state index in [0.29, 0.717) is 16.6 Å². The minimum absolute atomic E-state index is 0.0305. The molecule has 2 aromatic rings. The number of amides is 2. The van der Waals surface area contributed by atoms with E-state index in [2.05, 4.69) is 15.2 Å². The molecule has 2 heterocycles. The largest absolute Gasteiger partial charge is 0.329 e. The third kappa shape index (κ3) is 5.70. The van der Waals surface area contributed by atoms with Crippen LogP contribution in [0.15, 0.2) is 22.9 Å². The predicted octanol–water partition coefficient (Wildman–Crippen LogP) is 2.55. The Hall–Kier alpha value is -1.77. The van der Waals surface area contributed by atoms with Gasteiger partial charge >= 0.3 is 0 Å². The number of aryl methyl sites for hydroxylation is 1. The molecule has 2 aromatic heterocycles. The summed E-state index contributed by atoms with van der Waals surface area (Å²) in [4.78, 5) is 33.4. The maximum Gasteiger partial charge on any atom is 0.264 e. The molecule has 0 atom stereocenters. The second-order valence-electron chi connectivity index (χ2n) is 5.70. The lowest BCUT2D eigenvalue weighted by molar-refractivity contribution is -0.116. The summed E-state index contributed by atoms with van der Waals surface area (Å²) >= 11 is 2.77. The van der Waals surface area contributed by atoms with Gasteiger partial charge in [0.2, 0.25) is 5.91 Å². The SMILES string of the molecule is Cc1csc(NC(=O)CN(CCCN(C)C)C(=O)c2cccs2)n1. The van der Waals surface area contributed by atoms with Crippen molar-refractivity contribution in [3.63, 3.8) is 0 Å². The third-order valence-electron chi connectivity index (χ3n) is 3.25. The van der Waals surface area contributed by atoms with Gasteiger partial charge in [0.25, 0.3) is 5.91 Å². The van der Waals surface area contributed by atoms with E-state index < -0.39 is 0 Å². The van der Waals surface area contributed by atoms with Gasteiger partial charge in [0, 0.05) is 11.9 Å². The topological polar surface area (TPSA) is 65.5 Å². The summed E-state index contributed by atoms with van der Waals surface area (Å²) in [6.45, 7) is 3.31. The number of hydrogen-bond donors (Lipinski definition) is 1. The Kier molecular flexibility index (Phi) is 6.89. The molecule has 2 amide bonds. The quantitative estimate of drug-likeness (QED) is 0.780. The molecule has 0 aliphatic heterocycles. The molecule has 130 valence electrons. The number of carbonyl (C=O) groups excluding carboxylic acids is 2. The molecule has 8 heteroatoms. The fourth-order valence-electron chi connectivity index (χ4n) is 2.13. The van der Waals surface area contributed by atoms with Crippen molar-refractivity contribution >= 4 is 39.6 Å². The summed E-state index contributed by atoms with van der Waals surface area (Å²) in [5.74, 6) is -0.326. The van der Waals surface area contributed by atoms with Gasteiger partial charge in [-0.05, 0) is 45.4 Å². The zero-order valence-corrected chi connectivity index (χ0v) is 15.7. The maximum absolute atomic E-state index is 12.6. The summed E-state index contributed by atoms with van der Waals surface area (Å²) < 4.78 is 0. The summed E-state index contributed by atoms with van der Waals surface area (Å²) in [6.07, 6.45) is 0.813. The van der Waals surface area contributed by atoms with Gasteiger partial charge < -0.3 is 15.1 Å². The van der Waals surface area contributed by atoms with Gasteiger partial charge in [-0.2, -0.15) is 0 Å². The molecule has 0 aliphatic rings.